The lowest BCUT2D eigenvalue weighted by molar-refractivity contribution is 0.220. The summed E-state index contributed by atoms with van der Waals surface area (Å²) in [6.07, 6.45) is -0.453. The monoisotopic (exact) mass is 224 g/mol. The van der Waals surface area contributed by atoms with Gasteiger partial charge in [0.05, 0.1) is 0 Å². The standard InChI is InChI=1S/C11H12OS2/c1-7-8(2)14-6-10(7)11(12)9-3-4-13-5-9/h3-6,11-12H,1-2H3. The summed E-state index contributed by atoms with van der Waals surface area (Å²) in [6.45, 7) is 4.15. The quantitative estimate of drug-likeness (QED) is 0.827. The van der Waals surface area contributed by atoms with E-state index in [1.807, 2.05) is 22.2 Å². The Morgan fingerprint density at radius 3 is 2.57 bits per heavy atom. The molecule has 1 unspecified atom stereocenters. The second-order valence-corrected chi connectivity index (χ2v) is 5.20. The van der Waals surface area contributed by atoms with Crippen molar-refractivity contribution in [1.29, 1.82) is 0 Å². The van der Waals surface area contributed by atoms with Crippen molar-refractivity contribution >= 4 is 22.7 Å². The average Bonchev–Trinajstić information content (AvgIpc) is 2.77. The van der Waals surface area contributed by atoms with E-state index in [2.05, 4.69) is 13.8 Å². The molecule has 0 spiro atoms. The van der Waals surface area contributed by atoms with Gasteiger partial charge in [-0.1, -0.05) is 0 Å². The fourth-order valence-electron chi connectivity index (χ4n) is 1.41. The fraction of sp³-hybridized carbons (Fsp3) is 0.273. The van der Waals surface area contributed by atoms with Crippen LogP contribution in [-0.2, 0) is 0 Å². The molecule has 1 atom stereocenters. The molecule has 0 saturated carbocycles. The van der Waals surface area contributed by atoms with Crippen molar-refractivity contribution in [2.75, 3.05) is 0 Å². The number of hydrogen-bond donors (Lipinski definition) is 1. The van der Waals surface area contributed by atoms with Gasteiger partial charge in [-0.25, -0.2) is 0 Å². The predicted octanol–water partition coefficient (Wildman–Crippen LogP) is 3.51. The van der Waals surface area contributed by atoms with E-state index < -0.39 is 6.10 Å². The highest BCUT2D eigenvalue weighted by Crippen LogP contribution is 2.31. The summed E-state index contributed by atoms with van der Waals surface area (Å²) in [4.78, 5) is 1.29. The SMILES string of the molecule is Cc1scc(C(O)c2ccsc2)c1C. The van der Waals surface area contributed by atoms with Crippen LogP contribution < -0.4 is 0 Å². The smallest absolute Gasteiger partial charge is 0.106 e. The molecule has 0 fully saturated rings. The highest BCUT2D eigenvalue weighted by molar-refractivity contribution is 7.10. The predicted molar refractivity (Wildman–Crippen MR) is 62.2 cm³/mol. The normalized spacial score (nSPS) is 13.1. The third-order valence-electron chi connectivity index (χ3n) is 2.48. The zero-order valence-corrected chi connectivity index (χ0v) is 9.78. The number of aliphatic hydroxyl groups excluding tert-OH is 1. The Morgan fingerprint density at radius 2 is 2.07 bits per heavy atom. The second-order valence-electron chi connectivity index (χ2n) is 3.33. The molecule has 0 aliphatic heterocycles. The molecular weight excluding hydrogens is 212 g/mol. The van der Waals surface area contributed by atoms with E-state index in [0.29, 0.717) is 0 Å². The minimum absolute atomic E-state index is 0.453. The Balaban J connectivity index is 2.36. The first-order valence-electron chi connectivity index (χ1n) is 4.45. The van der Waals surface area contributed by atoms with E-state index in [1.165, 1.54) is 10.4 Å². The molecule has 2 rings (SSSR count). The molecule has 0 aliphatic rings. The van der Waals surface area contributed by atoms with Gasteiger partial charge in [-0.05, 0) is 52.7 Å². The molecule has 0 amide bonds. The van der Waals surface area contributed by atoms with E-state index in [1.54, 1.807) is 22.7 Å². The van der Waals surface area contributed by atoms with Crippen molar-refractivity contribution in [3.8, 4) is 0 Å². The lowest BCUT2D eigenvalue weighted by Gasteiger charge is -2.08. The molecule has 3 heteroatoms. The van der Waals surface area contributed by atoms with Gasteiger partial charge in [-0.3, -0.25) is 0 Å². The molecule has 2 heterocycles. The maximum Gasteiger partial charge on any atom is 0.106 e. The molecule has 74 valence electrons. The number of aryl methyl sites for hydroxylation is 1. The molecule has 0 radical (unpaired) electrons. The van der Waals surface area contributed by atoms with Gasteiger partial charge in [0.2, 0.25) is 0 Å². The van der Waals surface area contributed by atoms with Gasteiger partial charge in [0.25, 0.3) is 0 Å². The molecule has 0 aliphatic carbocycles. The number of hydrogen-bond acceptors (Lipinski definition) is 3. The van der Waals surface area contributed by atoms with Crippen molar-refractivity contribution in [2.24, 2.45) is 0 Å². The molecule has 14 heavy (non-hydrogen) atoms. The van der Waals surface area contributed by atoms with Gasteiger partial charge < -0.3 is 5.11 Å². The Labute approximate surface area is 91.7 Å². The van der Waals surface area contributed by atoms with Crippen LogP contribution in [0.4, 0.5) is 0 Å². The molecule has 0 bridgehead atoms. The van der Waals surface area contributed by atoms with E-state index in [9.17, 15) is 5.11 Å². The molecule has 0 saturated heterocycles. The fourth-order valence-corrected chi connectivity index (χ4v) is 2.99. The van der Waals surface area contributed by atoms with Crippen molar-refractivity contribution < 1.29 is 5.11 Å². The summed E-state index contributed by atoms with van der Waals surface area (Å²) in [7, 11) is 0. The van der Waals surface area contributed by atoms with E-state index in [4.69, 9.17) is 0 Å². The summed E-state index contributed by atoms with van der Waals surface area (Å²) in [5, 5.41) is 16.1. The van der Waals surface area contributed by atoms with Gasteiger partial charge in [-0.15, -0.1) is 11.3 Å². The van der Waals surface area contributed by atoms with E-state index in [-0.39, 0.29) is 0 Å². The van der Waals surface area contributed by atoms with Crippen LogP contribution in [0.15, 0.2) is 22.2 Å². The molecular formula is C11H12OS2. The van der Waals surface area contributed by atoms with Crippen molar-refractivity contribution in [3.63, 3.8) is 0 Å². The van der Waals surface area contributed by atoms with Crippen LogP contribution in [0, 0.1) is 13.8 Å². The summed E-state index contributed by atoms with van der Waals surface area (Å²) < 4.78 is 0. The first kappa shape index (κ1) is 9.90. The molecule has 1 nitrogen and oxygen atoms in total. The highest BCUT2D eigenvalue weighted by Gasteiger charge is 2.15. The van der Waals surface area contributed by atoms with E-state index in [0.717, 1.165) is 11.1 Å². The number of thiophene rings is 2. The first-order chi connectivity index (χ1) is 6.70. The Kier molecular flexibility index (Phi) is 2.72. The topological polar surface area (TPSA) is 20.2 Å². The van der Waals surface area contributed by atoms with Crippen molar-refractivity contribution in [2.45, 2.75) is 20.0 Å². The van der Waals surface area contributed by atoms with Crippen LogP contribution in [0.5, 0.6) is 0 Å². The summed E-state index contributed by atoms with van der Waals surface area (Å²) in [6, 6.07) is 1.97. The van der Waals surface area contributed by atoms with Gasteiger partial charge in [0.1, 0.15) is 6.10 Å². The highest BCUT2D eigenvalue weighted by atomic mass is 32.1. The first-order valence-corrected chi connectivity index (χ1v) is 6.27. The maximum absolute atomic E-state index is 10.1. The van der Waals surface area contributed by atoms with Crippen LogP contribution in [0.25, 0.3) is 0 Å². The van der Waals surface area contributed by atoms with Crippen LogP contribution in [0.1, 0.15) is 27.7 Å². The number of aliphatic hydroxyl groups is 1. The Morgan fingerprint density at radius 1 is 1.29 bits per heavy atom. The Hall–Kier alpha value is -0.640. The van der Waals surface area contributed by atoms with Crippen LogP contribution in [0.2, 0.25) is 0 Å². The second kappa shape index (κ2) is 3.85. The molecule has 0 aromatic carbocycles. The third kappa shape index (κ3) is 1.63. The lowest BCUT2D eigenvalue weighted by atomic mass is 10.0. The number of rotatable bonds is 2. The van der Waals surface area contributed by atoms with Crippen LogP contribution in [-0.4, -0.2) is 5.11 Å². The van der Waals surface area contributed by atoms with Gasteiger partial charge >= 0.3 is 0 Å². The molecule has 2 aromatic rings. The largest absolute Gasteiger partial charge is 0.384 e. The lowest BCUT2D eigenvalue weighted by Crippen LogP contribution is -1.98. The van der Waals surface area contributed by atoms with Gasteiger partial charge in [-0.2, -0.15) is 11.3 Å². The maximum atomic E-state index is 10.1. The molecule has 2 aromatic heterocycles. The van der Waals surface area contributed by atoms with E-state index >= 15 is 0 Å². The summed E-state index contributed by atoms with van der Waals surface area (Å²) >= 11 is 3.32. The van der Waals surface area contributed by atoms with Crippen molar-refractivity contribution in [3.05, 3.63) is 43.8 Å². The Bertz CT molecular complexity index is 414. The average molecular weight is 224 g/mol. The summed E-state index contributed by atoms with van der Waals surface area (Å²) in [5.74, 6) is 0. The van der Waals surface area contributed by atoms with Crippen LogP contribution in [0.3, 0.4) is 0 Å². The summed E-state index contributed by atoms with van der Waals surface area (Å²) in [5.41, 5.74) is 3.26. The van der Waals surface area contributed by atoms with Gasteiger partial charge in [0, 0.05) is 4.88 Å². The van der Waals surface area contributed by atoms with Crippen LogP contribution >= 0.6 is 22.7 Å². The zero-order chi connectivity index (χ0) is 10.1. The third-order valence-corrected chi connectivity index (χ3v) is 4.21. The zero-order valence-electron chi connectivity index (χ0n) is 8.15. The molecule has 1 N–H and O–H groups in total. The minimum Gasteiger partial charge on any atom is -0.384 e. The minimum atomic E-state index is -0.453. The van der Waals surface area contributed by atoms with Crippen molar-refractivity contribution in [1.82, 2.24) is 0 Å². The van der Waals surface area contributed by atoms with Gasteiger partial charge in [0.15, 0.2) is 0 Å².